The van der Waals surface area contributed by atoms with Gasteiger partial charge in [-0.3, -0.25) is 0 Å². The molecular weight excluding hydrogens is 326 g/mol. The zero-order valence-corrected chi connectivity index (χ0v) is 13.3. The first-order chi connectivity index (χ1) is 10.1. The molecule has 5 nitrogen and oxygen atoms in total. The fourth-order valence-corrected chi connectivity index (χ4v) is 3.03. The molecule has 1 aromatic carbocycles. The van der Waals surface area contributed by atoms with Gasteiger partial charge in [0.15, 0.2) is 0 Å². The monoisotopic (exact) mass is 335 g/mol. The third-order valence-electron chi connectivity index (χ3n) is 3.03. The van der Waals surface area contributed by atoms with Gasteiger partial charge in [0.25, 0.3) is 0 Å². The van der Waals surface area contributed by atoms with Crippen LogP contribution in [0, 0.1) is 6.92 Å². The summed E-state index contributed by atoms with van der Waals surface area (Å²) in [6, 6.07) is 5.45. The lowest BCUT2D eigenvalue weighted by Crippen LogP contribution is -2.15. The van der Waals surface area contributed by atoms with Crippen molar-refractivity contribution in [3.05, 3.63) is 40.5 Å². The summed E-state index contributed by atoms with van der Waals surface area (Å²) in [6.07, 6.45) is 1.69. The molecule has 0 fully saturated rings. The highest BCUT2D eigenvalue weighted by Crippen LogP contribution is 2.33. The minimum atomic E-state index is 0.280. The van der Waals surface area contributed by atoms with Crippen molar-refractivity contribution in [3.8, 4) is 0 Å². The van der Waals surface area contributed by atoms with Crippen LogP contribution in [0.15, 0.2) is 24.4 Å². The average Bonchev–Trinajstić information content (AvgIpc) is 2.90. The van der Waals surface area contributed by atoms with Gasteiger partial charge in [0.05, 0.1) is 28.0 Å². The van der Waals surface area contributed by atoms with E-state index in [2.05, 4.69) is 19.0 Å². The molecule has 0 amide bonds. The van der Waals surface area contributed by atoms with E-state index in [9.17, 15) is 0 Å². The molecule has 3 N–H and O–H groups in total. The summed E-state index contributed by atoms with van der Waals surface area (Å²) >= 11 is 12.5. The van der Waals surface area contributed by atoms with Crippen LogP contribution in [0.2, 0.25) is 5.02 Å². The summed E-state index contributed by atoms with van der Waals surface area (Å²) in [5, 5.41) is 3.72. The molecule has 21 heavy (non-hydrogen) atoms. The van der Waals surface area contributed by atoms with E-state index in [1.54, 1.807) is 12.3 Å². The number of halogens is 1. The molecule has 0 atom stereocenters. The van der Waals surface area contributed by atoms with Crippen molar-refractivity contribution >= 4 is 63.1 Å². The largest absolute Gasteiger partial charge is 0.389 e. The fourth-order valence-electron chi connectivity index (χ4n) is 2.03. The van der Waals surface area contributed by atoms with Crippen LogP contribution in [0.4, 0.5) is 11.5 Å². The molecule has 0 radical (unpaired) electrons. The van der Waals surface area contributed by atoms with Gasteiger partial charge in [0.2, 0.25) is 0 Å². The van der Waals surface area contributed by atoms with Gasteiger partial charge in [-0.25, -0.2) is 4.98 Å². The Morgan fingerprint density at radius 2 is 2.14 bits per heavy atom. The lowest BCUT2D eigenvalue weighted by molar-refractivity contribution is 1.26. The number of nitrogens with two attached hydrogens (primary N) is 1. The van der Waals surface area contributed by atoms with Crippen LogP contribution in [-0.4, -0.2) is 18.7 Å². The number of hydrogen-bond donors (Lipinski definition) is 2. The Morgan fingerprint density at radius 1 is 1.33 bits per heavy atom. The van der Waals surface area contributed by atoms with Crippen LogP contribution in [0.25, 0.3) is 11.0 Å². The molecule has 2 heterocycles. The smallest absolute Gasteiger partial charge is 0.140 e. The molecule has 3 rings (SSSR count). The number of anilines is 2. The van der Waals surface area contributed by atoms with Gasteiger partial charge >= 0.3 is 0 Å². The second-order valence-corrected chi connectivity index (χ2v) is 5.77. The Kier molecular flexibility index (Phi) is 3.71. The molecule has 0 aliphatic carbocycles. The first-order valence-electron chi connectivity index (χ1n) is 6.01. The Labute approximate surface area is 135 Å². The first kappa shape index (κ1) is 14.1. The van der Waals surface area contributed by atoms with E-state index in [0.29, 0.717) is 27.6 Å². The van der Waals surface area contributed by atoms with Crippen LogP contribution in [-0.2, 0) is 0 Å². The fraction of sp³-hybridized carbons (Fsp3) is 0.0769. The Hall–Kier alpha value is -1.83. The number of hydrogen-bond acceptors (Lipinski definition) is 6. The molecule has 0 spiro atoms. The first-order valence-corrected chi connectivity index (χ1v) is 7.53. The van der Waals surface area contributed by atoms with E-state index in [1.807, 2.05) is 19.1 Å². The molecule has 0 aliphatic heterocycles. The van der Waals surface area contributed by atoms with E-state index in [-0.39, 0.29) is 4.99 Å². The molecular formula is C13H10ClN5S2. The van der Waals surface area contributed by atoms with Gasteiger partial charge in [-0.15, -0.1) is 0 Å². The Morgan fingerprint density at radius 3 is 2.90 bits per heavy atom. The topological polar surface area (TPSA) is 76.7 Å². The summed E-state index contributed by atoms with van der Waals surface area (Å²) < 4.78 is 8.46. The predicted molar refractivity (Wildman–Crippen MR) is 90.6 cm³/mol. The minimum absolute atomic E-state index is 0.280. The average molecular weight is 336 g/mol. The highest BCUT2D eigenvalue weighted by molar-refractivity contribution is 7.80. The number of nitrogens with zero attached hydrogens (tertiary/aromatic N) is 3. The molecule has 2 aromatic heterocycles. The van der Waals surface area contributed by atoms with Crippen molar-refractivity contribution in [2.45, 2.75) is 6.92 Å². The molecule has 0 bridgehead atoms. The van der Waals surface area contributed by atoms with Crippen LogP contribution in [0.1, 0.15) is 11.1 Å². The van der Waals surface area contributed by atoms with Crippen LogP contribution in [0.3, 0.4) is 0 Å². The van der Waals surface area contributed by atoms with Gasteiger partial charge in [-0.1, -0.05) is 23.8 Å². The molecule has 8 heteroatoms. The second kappa shape index (κ2) is 5.51. The molecule has 106 valence electrons. The molecule has 0 saturated heterocycles. The normalized spacial score (nSPS) is 10.8. The third kappa shape index (κ3) is 2.55. The van der Waals surface area contributed by atoms with Crippen LogP contribution in [0.5, 0.6) is 0 Å². The highest BCUT2D eigenvalue weighted by Gasteiger charge is 2.15. The van der Waals surface area contributed by atoms with Gasteiger partial charge < -0.3 is 11.1 Å². The maximum absolute atomic E-state index is 6.26. The van der Waals surface area contributed by atoms with Gasteiger partial charge in [0.1, 0.15) is 21.8 Å². The third-order valence-corrected chi connectivity index (χ3v) is 4.09. The van der Waals surface area contributed by atoms with E-state index >= 15 is 0 Å². The summed E-state index contributed by atoms with van der Waals surface area (Å²) in [7, 11) is 0. The lowest BCUT2D eigenvalue weighted by atomic mass is 10.1. The summed E-state index contributed by atoms with van der Waals surface area (Å²) in [4.78, 5) is 4.59. The number of aromatic nitrogens is 3. The van der Waals surface area contributed by atoms with Crippen molar-refractivity contribution in [1.29, 1.82) is 0 Å². The quantitative estimate of drug-likeness (QED) is 0.714. The van der Waals surface area contributed by atoms with Crippen molar-refractivity contribution in [2.75, 3.05) is 5.32 Å². The number of benzene rings is 1. The summed E-state index contributed by atoms with van der Waals surface area (Å²) in [5.74, 6) is 0.560. The molecule has 0 unspecified atom stereocenters. The van der Waals surface area contributed by atoms with Gasteiger partial charge in [-0.2, -0.15) is 8.75 Å². The van der Waals surface area contributed by atoms with Gasteiger partial charge in [0, 0.05) is 6.20 Å². The maximum atomic E-state index is 6.26. The van der Waals surface area contributed by atoms with Crippen molar-refractivity contribution in [1.82, 2.24) is 13.7 Å². The summed E-state index contributed by atoms with van der Waals surface area (Å²) in [6.45, 7) is 1.92. The molecule has 3 aromatic rings. The predicted octanol–water partition coefficient (Wildman–Crippen LogP) is 3.43. The SMILES string of the molecule is Cc1ccnc(Nc2c(Cl)ccc3nsnc23)c1C(N)=S. The van der Waals surface area contributed by atoms with E-state index < -0.39 is 0 Å². The number of nitrogens with one attached hydrogen (secondary N) is 1. The van der Waals surface area contributed by atoms with Crippen LogP contribution >= 0.6 is 35.5 Å². The number of aryl methyl sites for hydroxylation is 1. The maximum Gasteiger partial charge on any atom is 0.140 e. The zero-order chi connectivity index (χ0) is 15.0. The molecule has 0 aliphatic rings. The van der Waals surface area contributed by atoms with E-state index in [0.717, 1.165) is 22.8 Å². The lowest BCUT2D eigenvalue weighted by Gasteiger charge is -2.13. The standard InChI is InChI=1S/C13H10ClN5S2/c1-6-4-5-16-13(9(6)12(15)20)17-10-7(14)2-3-8-11(10)19-21-18-8/h2-5H,1H3,(H2,15,20)(H,16,17). The number of thiocarbonyl (C=S) groups is 1. The molecule has 0 saturated carbocycles. The second-order valence-electron chi connectivity index (χ2n) is 4.40. The van der Waals surface area contributed by atoms with Crippen LogP contribution < -0.4 is 11.1 Å². The summed E-state index contributed by atoms with van der Waals surface area (Å²) in [5.41, 5.74) is 9.56. The van der Waals surface area contributed by atoms with E-state index in [1.165, 1.54) is 0 Å². The zero-order valence-electron chi connectivity index (χ0n) is 10.9. The van der Waals surface area contributed by atoms with Crippen molar-refractivity contribution in [2.24, 2.45) is 5.73 Å². The van der Waals surface area contributed by atoms with E-state index in [4.69, 9.17) is 29.6 Å². The Balaban J connectivity index is 2.15. The van der Waals surface area contributed by atoms with Crippen molar-refractivity contribution < 1.29 is 0 Å². The Bertz CT molecular complexity index is 846. The number of pyridine rings is 1. The van der Waals surface area contributed by atoms with Crippen molar-refractivity contribution in [3.63, 3.8) is 0 Å². The number of fused-ring (bicyclic) bond motifs is 1. The minimum Gasteiger partial charge on any atom is -0.389 e. The number of rotatable bonds is 3. The highest BCUT2D eigenvalue weighted by atomic mass is 35.5. The van der Waals surface area contributed by atoms with Gasteiger partial charge in [-0.05, 0) is 30.7 Å².